The van der Waals surface area contributed by atoms with Crippen molar-refractivity contribution in [1.82, 2.24) is 5.32 Å². The van der Waals surface area contributed by atoms with Gasteiger partial charge in [-0.15, -0.1) is 0 Å². The first-order valence-electron chi connectivity index (χ1n) is 6.95. The third-order valence-electron chi connectivity index (χ3n) is 3.55. The van der Waals surface area contributed by atoms with Crippen molar-refractivity contribution in [1.29, 1.82) is 0 Å². The van der Waals surface area contributed by atoms with Gasteiger partial charge >= 0.3 is 12.0 Å². The molecule has 114 valence electrons. The summed E-state index contributed by atoms with van der Waals surface area (Å²) in [5.41, 5.74) is 1.86. The average Bonchev–Trinajstić information content (AvgIpc) is 2.87. The van der Waals surface area contributed by atoms with E-state index in [0.29, 0.717) is 11.6 Å². The molecule has 1 aliphatic heterocycles. The summed E-state index contributed by atoms with van der Waals surface area (Å²) >= 11 is 0. The molecule has 0 saturated carbocycles. The van der Waals surface area contributed by atoms with Gasteiger partial charge in [0.2, 0.25) is 0 Å². The number of amides is 2. The maximum Gasteiger partial charge on any atom is 0.319 e. The second-order valence-electron chi connectivity index (χ2n) is 5.46. The topological polar surface area (TPSA) is 87.7 Å². The first-order valence-corrected chi connectivity index (χ1v) is 6.95. The van der Waals surface area contributed by atoms with Crippen molar-refractivity contribution in [2.75, 3.05) is 18.5 Å². The van der Waals surface area contributed by atoms with Crippen LogP contribution in [0.15, 0.2) is 24.3 Å². The molecule has 2 atom stereocenters. The summed E-state index contributed by atoms with van der Waals surface area (Å²) in [5, 5.41) is 14.4. The van der Waals surface area contributed by atoms with Gasteiger partial charge in [0.05, 0.1) is 19.3 Å². The predicted molar refractivity (Wildman–Crippen MR) is 78.4 cm³/mol. The minimum atomic E-state index is -0.959. The van der Waals surface area contributed by atoms with E-state index in [0.717, 1.165) is 0 Å². The Hall–Kier alpha value is -2.08. The van der Waals surface area contributed by atoms with E-state index >= 15 is 0 Å². The standard InChI is InChI=1S/C15H20N2O4/c1-9(2)10-3-5-11(6-4-10)16-15(20)17-13-8-21-7-12(13)14(18)19/h3-6,9,12-13H,7-8H2,1-2H3,(H,18,19)(H2,16,17,20). The molecular formula is C15H20N2O4. The van der Waals surface area contributed by atoms with E-state index in [9.17, 15) is 9.59 Å². The first-order chi connectivity index (χ1) is 9.97. The van der Waals surface area contributed by atoms with Crippen LogP contribution in [0.3, 0.4) is 0 Å². The van der Waals surface area contributed by atoms with Crippen LogP contribution in [-0.4, -0.2) is 36.4 Å². The van der Waals surface area contributed by atoms with Crippen LogP contribution < -0.4 is 10.6 Å². The zero-order valence-electron chi connectivity index (χ0n) is 12.1. The molecule has 0 aliphatic carbocycles. The fourth-order valence-corrected chi connectivity index (χ4v) is 2.23. The van der Waals surface area contributed by atoms with E-state index in [1.54, 1.807) is 0 Å². The van der Waals surface area contributed by atoms with Gasteiger partial charge in [-0.1, -0.05) is 26.0 Å². The SMILES string of the molecule is CC(C)c1ccc(NC(=O)NC2COCC2C(=O)O)cc1. The molecule has 21 heavy (non-hydrogen) atoms. The summed E-state index contributed by atoms with van der Waals surface area (Å²) in [6.07, 6.45) is 0. The van der Waals surface area contributed by atoms with E-state index in [1.807, 2.05) is 24.3 Å². The highest BCUT2D eigenvalue weighted by atomic mass is 16.5. The number of hydrogen-bond acceptors (Lipinski definition) is 3. The lowest BCUT2D eigenvalue weighted by Crippen LogP contribution is -2.44. The van der Waals surface area contributed by atoms with E-state index in [1.165, 1.54) is 5.56 Å². The average molecular weight is 292 g/mol. The Morgan fingerprint density at radius 3 is 2.48 bits per heavy atom. The minimum absolute atomic E-state index is 0.128. The van der Waals surface area contributed by atoms with Gasteiger partial charge in [0, 0.05) is 5.69 Å². The van der Waals surface area contributed by atoms with E-state index in [4.69, 9.17) is 9.84 Å². The van der Waals surface area contributed by atoms with Crippen LogP contribution in [0.2, 0.25) is 0 Å². The number of anilines is 1. The highest BCUT2D eigenvalue weighted by molar-refractivity contribution is 5.90. The Morgan fingerprint density at radius 1 is 1.24 bits per heavy atom. The van der Waals surface area contributed by atoms with Gasteiger partial charge < -0.3 is 20.5 Å². The Bertz CT molecular complexity index is 513. The number of carbonyl (C=O) groups is 2. The van der Waals surface area contributed by atoms with E-state index < -0.39 is 24.0 Å². The molecule has 1 fully saturated rings. The highest BCUT2D eigenvalue weighted by Crippen LogP contribution is 2.18. The van der Waals surface area contributed by atoms with Crippen molar-refractivity contribution < 1.29 is 19.4 Å². The third kappa shape index (κ3) is 3.95. The quantitative estimate of drug-likeness (QED) is 0.792. The number of carboxylic acid groups (broad SMARTS) is 1. The van der Waals surface area contributed by atoms with Crippen LogP contribution in [0.4, 0.5) is 10.5 Å². The van der Waals surface area contributed by atoms with Crippen LogP contribution in [0.1, 0.15) is 25.3 Å². The van der Waals surface area contributed by atoms with Gasteiger partial charge in [0.15, 0.2) is 0 Å². The number of carbonyl (C=O) groups excluding carboxylic acids is 1. The Balaban J connectivity index is 1.91. The fourth-order valence-electron chi connectivity index (χ4n) is 2.23. The third-order valence-corrected chi connectivity index (χ3v) is 3.55. The predicted octanol–water partition coefficient (Wildman–Crippen LogP) is 2.03. The fraction of sp³-hybridized carbons (Fsp3) is 0.467. The Labute approximate surface area is 123 Å². The van der Waals surface area contributed by atoms with Gasteiger partial charge in [-0.05, 0) is 23.6 Å². The molecular weight excluding hydrogens is 272 g/mol. The van der Waals surface area contributed by atoms with E-state index in [2.05, 4.69) is 24.5 Å². The molecule has 6 nitrogen and oxygen atoms in total. The molecule has 2 unspecified atom stereocenters. The number of ether oxygens (including phenoxy) is 1. The van der Waals surface area contributed by atoms with Gasteiger partial charge in [0.1, 0.15) is 5.92 Å². The molecule has 0 spiro atoms. The summed E-state index contributed by atoms with van der Waals surface area (Å²) < 4.78 is 5.10. The van der Waals surface area contributed by atoms with Crippen LogP contribution in [0.25, 0.3) is 0 Å². The molecule has 0 bridgehead atoms. The molecule has 1 heterocycles. The summed E-state index contributed by atoms with van der Waals surface area (Å²) in [6.45, 7) is 4.54. The number of benzene rings is 1. The second-order valence-corrected chi connectivity index (χ2v) is 5.46. The maximum atomic E-state index is 11.9. The number of aliphatic carboxylic acids is 1. The number of nitrogens with one attached hydrogen (secondary N) is 2. The molecule has 0 radical (unpaired) electrons. The van der Waals surface area contributed by atoms with Gasteiger partial charge in [-0.2, -0.15) is 0 Å². The maximum absolute atomic E-state index is 11.9. The van der Waals surface area contributed by atoms with Gasteiger partial charge in [-0.25, -0.2) is 4.79 Å². The van der Waals surface area contributed by atoms with Crippen molar-refractivity contribution in [2.45, 2.75) is 25.8 Å². The zero-order valence-corrected chi connectivity index (χ0v) is 12.1. The number of rotatable bonds is 4. The normalized spacial score (nSPS) is 21.3. The van der Waals surface area contributed by atoms with E-state index in [-0.39, 0.29) is 13.2 Å². The molecule has 0 aromatic heterocycles. The van der Waals surface area contributed by atoms with Gasteiger partial charge in [-0.3, -0.25) is 4.79 Å². The first kappa shape index (κ1) is 15.3. The van der Waals surface area contributed by atoms with Crippen molar-refractivity contribution in [3.05, 3.63) is 29.8 Å². The number of hydrogen-bond donors (Lipinski definition) is 3. The lowest BCUT2D eigenvalue weighted by atomic mass is 10.0. The Kier molecular flexibility index (Phi) is 4.80. The van der Waals surface area contributed by atoms with Crippen molar-refractivity contribution in [3.8, 4) is 0 Å². The largest absolute Gasteiger partial charge is 0.481 e. The van der Waals surface area contributed by atoms with Crippen LogP contribution in [-0.2, 0) is 9.53 Å². The molecule has 6 heteroatoms. The van der Waals surface area contributed by atoms with Gasteiger partial charge in [0.25, 0.3) is 0 Å². The molecule has 1 aliphatic rings. The molecule has 2 rings (SSSR count). The lowest BCUT2D eigenvalue weighted by molar-refractivity contribution is -0.142. The lowest BCUT2D eigenvalue weighted by Gasteiger charge is -2.16. The highest BCUT2D eigenvalue weighted by Gasteiger charge is 2.35. The minimum Gasteiger partial charge on any atom is -0.481 e. The van der Waals surface area contributed by atoms with Crippen molar-refractivity contribution in [3.63, 3.8) is 0 Å². The Morgan fingerprint density at radius 2 is 1.90 bits per heavy atom. The molecule has 1 saturated heterocycles. The van der Waals surface area contributed by atoms with Crippen molar-refractivity contribution in [2.24, 2.45) is 5.92 Å². The van der Waals surface area contributed by atoms with Crippen LogP contribution in [0, 0.1) is 5.92 Å². The summed E-state index contributed by atoms with van der Waals surface area (Å²) in [7, 11) is 0. The molecule has 2 amide bonds. The second kappa shape index (κ2) is 6.58. The smallest absolute Gasteiger partial charge is 0.319 e. The molecule has 3 N–H and O–H groups in total. The number of urea groups is 1. The monoisotopic (exact) mass is 292 g/mol. The van der Waals surface area contributed by atoms with Crippen LogP contribution >= 0.6 is 0 Å². The molecule has 1 aromatic rings. The van der Waals surface area contributed by atoms with Crippen molar-refractivity contribution >= 4 is 17.7 Å². The molecule has 1 aromatic carbocycles. The summed E-state index contributed by atoms with van der Waals surface area (Å²) in [6, 6.07) is 6.65. The summed E-state index contributed by atoms with van der Waals surface area (Å²) in [5.74, 6) is -1.22. The zero-order chi connectivity index (χ0) is 15.4. The van der Waals surface area contributed by atoms with Crippen LogP contribution in [0.5, 0.6) is 0 Å². The summed E-state index contributed by atoms with van der Waals surface area (Å²) in [4.78, 5) is 22.9. The number of carboxylic acids is 1.